The Kier molecular flexibility index (Phi) is 5.53. The van der Waals surface area contributed by atoms with Crippen molar-refractivity contribution in [2.75, 3.05) is 13.1 Å². The van der Waals surface area contributed by atoms with Gasteiger partial charge in [0.25, 0.3) is 5.91 Å². The molecule has 0 saturated carbocycles. The highest BCUT2D eigenvalue weighted by Crippen LogP contribution is 2.24. The number of aromatic nitrogens is 2. The zero-order chi connectivity index (χ0) is 20.4. The molecule has 0 unspecified atom stereocenters. The van der Waals surface area contributed by atoms with E-state index in [1.165, 1.54) is 27.9 Å². The first-order valence-electron chi connectivity index (χ1n) is 9.40. The van der Waals surface area contributed by atoms with Crippen molar-refractivity contribution < 1.29 is 13.2 Å². The lowest BCUT2D eigenvalue weighted by Gasteiger charge is -2.13. The molecule has 9 heteroatoms. The highest BCUT2D eigenvalue weighted by Gasteiger charge is 2.29. The van der Waals surface area contributed by atoms with Crippen LogP contribution < -0.4 is 5.32 Å². The Bertz CT molecular complexity index is 1110. The van der Waals surface area contributed by atoms with E-state index in [-0.39, 0.29) is 17.3 Å². The van der Waals surface area contributed by atoms with Gasteiger partial charge in [-0.25, -0.2) is 13.4 Å². The van der Waals surface area contributed by atoms with Gasteiger partial charge in [-0.2, -0.15) is 4.31 Å². The summed E-state index contributed by atoms with van der Waals surface area (Å²) in [4.78, 5) is 17.3. The Morgan fingerprint density at radius 1 is 1.21 bits per heavy atom. The smallest absolute Gasteiger partial charge is 0.268 e. The molecule has 1 fully saturated rings. The van der Waals surface area contributed by atoms with E-state index < -0.39 is 10.0 Å². The van der Waals surface area contributed by atoms with Crippen molar-refractivity contribution in [3.8, 4) is 10.6 Å². The van der Waals surface area contributed by atoms with Crippen LogP contribution in [0.15, 0.2) is 52.9 Å². The molecule has 1 N–H and O–H groups in total. The van der Waals surface area contributed by atoms with Crippen molar-refractivity contribution in [2.24, 2.45) is 7.05 Å². The van der Waals surface area contributed by atoms with E-state index in [2.05, 4.69) is 10.3 Å². The summed E-state index contributed by atoms with van der Waals surface area (Å²) in [5.41, 5.74) is 2.11. The van der Waals surface area contributed by atoms with Gasteiger partial charge in [0.1, 0.15) is 15.6 Å². The van der Waals surface area contributed by atoms with Crippen molar-refractivity contribution in [3.63, 3.8) is 0 Å². The van der Waals surface area contributed by atoms with Crippen molar-refractivity contribution in [2.45, 2.75) is 24.3 Å². The highest BCUT2D eigenvalue weighted by atomic mass is 32.2. The van der Waals surface area contributed by atoms with Gasteiger partial charge in [0.05, 0.1) is 12.2 Å². The number of aryl methyl sites for hydroxylation is 1. The van der Waals surface area contributed by atoms with Gasteiger partial charge >= 0.3 is 0 Å². The summed E-state index contributed by atoms with van der Waals surface area (Å²) in [6.07, 6.45) is 3.24. The second-order valence-corrected chi connectivity index (χ2v) is 9.77. The molecule has 0 aliphatic carbocycles. The normalized spacial score (nSPS) is 14.9. The number of sulfonamides is 1. The van der Waals surface area contributed by atoms with E-state index in [4.69, 9.17) is 0 Å². The fourth-order valence-electron chi connectivity index (χ4n) is 3.34. The molecule has 152 valence electrons. The lowest BCUT2D eigenvalue weighted by Crippen LogP contribution is -2.27. The van der Waals surface area contributed by atoms with E-state index in [9.17, 15) is 13.2 Å². The summed E-state index contributed by atoms with van der Waals surface area (Å²) in [6, 6.07) is 11.3. The van der Waals surface area contributed by atoms with Crippen LogP contribution in [0.25, 0.3) is 10.6 Å². The Morgan fingerprint density at radius 2 is 1.93 bits per heavy atom. The van der Waals surface area contributed by atoms with Crippen LogP contribution in [0.2, 0.25) is 0 Å². The van der Waals surface area contributed by atoms with Crippen LogP contribution in [-0.2, 0) is 23.6 Å². The number of benzene rings is 1. The third-order valence-corrected chi connectivity index (χ3v) is 7.72. The van der Waals surface area contributed by atoms with Gasteiger partial charge in [0, 0.05) is 37.3 Å². The van der Waals surface area contributed by atoms with Crippen LogP contribution in [-0.4, -0.2) is 41.3 Å². The molecule has 29 heavy (non-hydrogen) atoms. The lowest BCUT2D eigenvalue weighted by molar-refractivity contribution is 0.0942. The zero-order valence-electron chi connectivity index (χ0n) is 16.0. The maximum Gasteiger partial charge on any atom is 0.268 e. The number of hydrogen-bond acceptors (Lipinski definition) is 5. The van der Waals surface area contributed by atoms with Gasteiger partial charge in [-0.15, -0.1) is 11.3 Å². The molecule has 7 nitrogen and oxygen atoms in total. The summed E-state index contributed by atoms with van der Waals surface area (Å²) < 4.78 is 28.5. The number of rotatable bonds is 6. The van der Waals surface area contributed by atoms with E-state index in [1.54, 1.807) is 11.6 Å². The molecular weight excluding hydrogens is 408 g/mol. The average Bonchev–Trinajstić information content (AvgIpc) is 3.47. The monoisotopic (exact) mass is 430 g/mol. The van der Waals surface area contributed by atoms with E-state index in [0.717, 1.165) is 29.1 Å². The van der Waals surface area contributed by atoms with Crippen LogP contribution >= 0.6 is 11.3 Å². The van der Waals surface area contributed by atoms with Crippen molar-refractivity contribution >= 4 is 27.3 Å². The van der Waals surface area contributed by atoms with E-state index in [1.807, 2.05) is 35.7 Å². The Balaban J connectivity index is 1.44. The molecule has 0 radical (unpaired) electrons. The Morgan fingerprint density at radius 3 is 2.66 bits per heavy atom. The predicted molar refractivity (Wildman–Crippen MR) is 112 cm³/mol. The molecule has 1 aromatic carbocycles. The summed E-state index contributed by atoms with van der Waals surface area (Å²) in [5, 5.41) is 5.64. The maximum absolute atomic E-state index is 12.7. The second kappa shape index (κ2) is 8.10. The van der Waals surface area contributed by atoms with Crippen LogP contribution in [0.1, 0.15) is 29.0 Å². The van der Waals surface area contributed by atoms with Crippen molar-refractivity contribution in [1.29, 1.82) is 0 Å². The van der Waals surface area contributed by atoms with E-state index >= 15 is 0 Å². The minimum atomic E-state index is -3.55. The topological polar surface area (TPSA) is 84.3 Å². The number of carbonyl (C=O) groups excluding carboxylic acids is 1. The van der Waals surface area contributed by atoms with Crippen LogP contribution in [0.5, 0.6) is 0 Å². The largest absolute Gasteiger partial charge is 0.345 e. The molecule has 2 aromatic heterocycles. The Labute approximate surface area is 174 Å². The highest BCUT2D eigenvalue weighted by molar-refractivity contribution is 7.89. The standard InChI is InChI=1S/C20H22N4O3S2/c1-23-13-17(29(26,27)24-9-5-6-10-24)11-18(23)19(25)21-12-16-14-28-20(22-16)15-7-3-2-4-8-15/h2-4,7-8,11,13-14H,5-6,9-10,12H2,1H3,(H,21,25). The molecule has 1 aliphatic heterocycles. The third-order valence-electron chi connectivity index (χ3n) is 4.92. The quantitative estimate of drug-likeness (QED) is 0.652. The number of amides is 1. The van der Waals surface area contributed by atoms with Crippen LogP contribution in [0.3, 0.4) is 0 Å². The number of nitrogens with zero attached hydrogens (tertiary/aromatic N) is 3. The Hall–Kier alpha value is -2.49. The van der Waals surface area contributed by atoms with Gasteiger partial charge in [0.2, 0.25) is 10.0 Å². The number of carbonyl (C=O) groups is 1. The molecule has 1 amide bonds. The summed E-state index contributed by atoms with van der Waals surface area (Å²) in [6.45, 7) is 1.35. The maximum atomic E-state index is 12.7. The number of nitrogens with one attached hydrogen (secondary N) is 1. The fraction of sp³-hybridized carbons (Fsp3) is 0.300. The molecule has 1 saturated heterocycles. The first-order chi connectivity index (χ1) is 13.9. The van der Waals surface area contributed by atoms with Gasteiger partial charge in [-0.1, -0.05) is 30.3 Å². The third kappa shape index (κ3) is 4.12. The lowest BCUT2D eigenvalue weighted by atomic mass is 10.2. The zero-order valence-corrected chi connectivity index (χ0v) is 17.7. The SMILES string of the molecule is Cn1cc(S(=O)(=O)N2CCCC2)cc1C(=O)NCc1csc(-c2ccccc2)n1. The van der Waals surface area contributed by atoms with Gasteiger partial charge in [-0.05, 0) is 18.9 Å². The predicted octanol–water partition coefficient (Wildman–Crippen LogP) is 2.86. The number of thiazole rings is 1. The van der Waals surface area contributed by atoms with Crippen LogP contribution in [0, 0.1) is 0 Å². The first kappa shape index (κ1) is 19.8. The molecule has 1 aliphatic rings. The summed E-state index contributed by atoms with van der Waals surface area (Å²) in [5.74, 6) is -0.329. The van der Waals surface area contributed by atoms with Crippen LogP contribution in [0.4, 0.5) is 0 Å². The molecule has 0 atom stereocenters. The first-order valence-corrected chi connectivity index (χ1v) is 11.7. The molecule has 3 heterocycles. The van der Waals surface area contributed by atoms with Gasteiger partial charge in [-0.3, -0.25) is 4.79 Å². The fourth-order valence-corrected chi connectivity index (χ4v) is 5.76. The van der Waals surface area contributed by atoms with E-state index in [0.29, 0.717) is 18.8 Å². The molecule has 4 rings (SSSR count). The number of hydrogen-bond donors (Lipinski definition) is 1. The minimum absolute atomic E-state index is 0.159. The molecule has 0 bridgehead atoms. The van der Waals surface area contributed by atoms with Gasteiger partial charge < -0.3 is 9.88 Å². The van der Waals surface area contributed by atoms with Crippen molar-refractivity contribution in [3.05, 3.63) is 59.4 Å². The molecule has 0 spiro atoms. The molecule has 3 aromatic rings. The average molecular weight is 431 g/mol. The van der Waals surface area contributed by atoms with Gasteiger partial charge in [0.15, 0.2) is 0 Å². The molecular formula is C20H22N4O3S2. The minimum Gasteiger partial charge on any atom is -0.345 e. The van der Waals surface area contributed by atoms with Crippen molar-refractivity contribution in [1.82, 2.24) is 19.2 Å². The second-order valence-electron chi connectivity index (χ2n) is 6.98. The summed E-state index contributed by atoms with van der Waals surface area (Å²) >= 11 is 1.52. The summed E-state index contributed by atoms with van der Waals surface area (Å²) in [7, 11) is -1.87.